The molecule has 0 rings (SSSR count). The van der Waals surface area contributed by atoms with Crippen LogP contribution in [0.15, 0.2) is 0 Å². The van der Waals surface area contributed by atoms with Crippen molar-refractivity contribution in [3.05, 3.63) is 0 Å². The summed E-state index contributed by atoms with van der Waals surface area (Å²) in [4.78, 5) is 11.3. The zero-order chi connectivity index (χ0) is 12.1. The summed E-state index contributed by atoms with van der Waals surface area (Å²) in [5.74, 6) is 0.257. The van der Waals surface area contributed by atoms with Gasteiger partial charge in [-0.1, -0.05) is 51.9 Å². The predicted molar refractivity (Wildman–Crippen MR) is 68.7 cm³/mol. The quantitative estimate of drug-likeness (QED) is 0.470. The van der Waals surface area contributed by atoms with Gasteiger partial charge in [0.25, 0.3) is 0 Å². The molecule has 0 heterocycles. The van der Waals surface area contributed by atoms with Gasteiger partial charge in [0.15, 0.2) is 5.78 Å². The molecule has 2 heteroatoms. The van der Waals surface area contributed by atoms with Crippen LogP contribution >= 0.6 is 0 Å². The van der Waals surface area contributed by atoms with Gasteiger partial charge in [-0.05, 0) is 13.3 Å². The topological polar surface area (TPSA) is 26.3 Å². The zero-order valence-corrected chi connectivity index (χ0v) is 11.1. The maximum absolute atomic E-state index is 11.3. The number of carbonyl (C=O) groups is 1. The molecule has 0 aromatic carbocycles. The van der Waals surface area contributed by atoms with Gasteiger partial charge in [0, 0.05) is 13.0 Å². The summed E-state index contributed by atoms with van der Waals surface area (Å²) in [6.45, 7) is 5.11. The first-order valence-electron chi connectivity index (χ1n) is 6.90. The molecule has 16 heavy (non-hydrogen) atoms. The molecular weight excluding hydrogens is 200 g/mol. The number of unbranched alkanes of at least 4 members (excludes halogenated alkanes) is 7. The number of ether oxygens (including phenoxy) is 1. The molecule has 0 amide bonds. The Morgan fingerprint density at radius 1 is 0.875 bits per heavy atom. The van der Waals surface area contributed by atoms with Gasteiger partial charge in [-0.25, -0.2) is 0 Å². The van der Waals surface area contributed by atoms with Crippen molar-refractivity contribution in [2.24, 2.45) is 0 Å². The van der Waals surface area contributed by atoms with E-state index in [4.69, 9.17) is 4.74 Å². The fraction of sp³-hybridized carbons (Fsp3) is 0.929. The van der Waals surface area contributed by atoms with E-state index in [-0.39, 0.29) is 5.78 Å². The van der Waals surface area contributed by atoms with Gasteiger partial charge in [-0.3, -0.25) is 4.79 Å². The number of ketones is 1. The van der Waals surface area contributed by atoms with Gasteiger partial charge in [-0.2, -0.15) is 0 Å². The average molecular weight is 228 g/mol. The highest BCUT2D eigenvalue weighted by molar-refractivity contribution is 5.79. The van der Waals surface area contributed by atoms with Gasteiger partial charge in [0.1, 0.15) is 6.61 Å². The molecule has 0 saturated heterocycles. The molecule has 96 valence electrons. The molecular formula is C14H28O2. The van der Waals surface area contributed by atoms with E-state index in [2.05, 4.69) is 6.92 Å². The van der Waals surface area contributed by atoms with Crippen LogP contribution in [0, 0.1) is 0 Å². The summed E-state index contributed by atoms with van der Waals surface area (Å²) in [7, 11) is 0. The third-order valence-corrected chi connectivity index (χ3v) is 2.78. The summed E-state index contributed by atoms with van der Waals surface area (Å²) >= 11 is 0. The van der Waals surface area contributed by atoms with E-state index in [1.165, 1.54) is 44.9 Å². The minimum atomic E-state index is 0.257. The molecule has 2 nitrogen and oxygen atoms in total. The first kappa shape index (κ1) is 15.6. The smallest absolute Gasteiger partial charge is 0.158 e. The number of hydrogen-bond acceptors (Lipinski definition) is 2. The summed E-state index contributed by atoms with van der Waals surface area (Å²) in [6.07, 6.45) is 11.0. The Bertz CT molecular complexity index is 155. The molecule has 0 spiro atoms. The highest BCUT2D eigenvalue weighted by Crippen LogP contribution is 2.09. The molecule has 0 saturated carbocycles. The second kappa shape index (κ2) is 12.7. The Labute approximate surface area is 101 Å². The number of carbonyl (C=O) groups excluding carboxylic acids is 1. The predicted octanol–water partition coefficient (Wildman–Crippen LogP) is 4.12. The lowest BCUT2D eigenvalue weighted by Crippen LogP contribution is -2.07. The highest BCUT2D eigenvalue weighted by atomic mass is 16.5. The van der Waals surface area contributed by atoms with Crippen LogP contribution in [0.5, 0.6) is 0 Å². The molecule has 0 atom stereocenters. The molecule has 0 aliphatic heterocycles. The van der Waals surface area contributed by atoms with Crippen molar-refractivity contribution in [3.8, 4) is 0 Å². The van der Waals surface area contributed by atoms with E-state index in [1.807, 2.05) is 6.92 Å². The average Bonchev–Trinajstić information content (AvgIpc) is 2.30. The lowest BCUT2D eigenvalue weighted by Gasteiger charge is -2.02. The largest absolute Gasteiger partial charge is 0.374 e. The molecule has 0 fully saturated rings. The van der Waals surface area contributed by atoms with Crippen LogP contribution in [0.4, 0.5) is 0 Å². The summed E-state index contributed by atoms with van der Waals surface area (Å²) < 4.78 is 5.07. The summed E-state index contributed by atoms with van der Waals surface area (Å²) in [6, 6.07) is 0. The van der Waals surface area contributed by atoms with Gasteiger partial charge < -0.3 is 4.74 Å². The Morgan fingerprint density at radius 2 is 1.44 bits per heavy atom. The third kappa shape index (κ3) is 11.7. The van der Waals surface area contributed by atoms with Crippen molar-refractivity contribution >= 4 is 5.78 Å². The number of rotatable bonds is 12. The molecule has 0 unspecified atom stereocenters. The monoisotopic (exact) mass is 228 g/mol. The van der Waals surface area contributed by atoms with Crippen molar-refractivity contribution in [3.63, 3.8) is 0 Å². The Kier molecular flexibility index (Phi) is 12.4. The van der Waals surface area contributed by atoms with Crippen LogP contribution in [-0.2, 0) is 9.53 Å². The summed E-state index contributed by atoms with van der Waals surface area (Å²) in [5.41, 5.74) is 0. The summed E-state index contributed by atoms with van der Waals surface area (Å²) in [5, 5.41) is 0. The minimum absolute atomic E-state index is 0.257. The number of Topliss-reactive ketones (excluding diaryl/α,β-unsaturated/α-hetero) is 1. The van der Waals surface area contributed by atoms with E-state index in [0.29, 0.717) is 19.6 Å². The van der Waals surface area contributed by atoms with E-state index in [9.17, 15) is 4.79 Å². The van der Waals surface area contributed by atoms with Crippen LogP contribution < -0.4 is 0 Å². The fourth-order valence-electron chi connectivity index (χ4n) is 1.74. The first-order valence-corrected chi connectivity index (χ1v) is 6.90. The van der Waals surface area contributed by atoms with Gasteiger partial charge in [-0.15, -0.1) is 0 Å². The SMILES string of the molecule is CCCCCCCCCCC(=O)COCC. The first-order chi connectivity index (χ1) is 7.81. The molecule has 0 N–H and O–H groups in total. The van der Waals surface area contributed by atoms with Gasteiger partial charge >= 0.3 is 0 Å². The molecule has 0 bridgehead atoms. The van der Waals surface area contributed by atoms with Crippen LogP contribution in [0.1, 0.15) is 71.6 Å². The molecule has 0 radical (unpaired) electrons. The van der Waals surface area contributed by atoms with Crippen LogP contribution in [0.3, 0.4) is 0 Å². The van der Waals surface area contributed by atoms with E-state index in [0.717, 1.165) is 6.42 Å². The molecule has 0 aliphatic rings. The van der Waals surface area contributed by atoms with E-state index in [1.54, 1.807) is 0 Å². The molecule has 0 aromatic rings. The van der Waals surface area contributed by atoms with Gasteiger partial charge in [0.2, 0.25) is 0 Å². The Morgan fingerprint density at radius 3 is 2.00 bits per heavy atom. The maximum Gasteiger partial charge on any atom is 0.158 e. The van der Waals surface area contributed by atoms with Crippen molar-refractivity contribution in [2.75, 3.05) is 13.2 Å². The lowest BCUT2D eigenvalue weighted by molar-refractivity contribution is -0.123. The van der Waals surface area contributed by atoms with Gasteiger partial charge in [0.05, 0.1) is 0 Å². The van der Waals surface area contributed by atoms with Crippen LogP contribution in [-0.4, -0.2) is 19.0 Å². The van der Waals surface area contributed by atoms with Crippen LogP contribution in [0.25, 0.3) is 0 Å². The Balaban J connectivity index is 3.05. The van der Waals surface area contributed by atoms with E-state index >= 15 is 0 Å². The normalized spacial score (nSPS) is 10.6. The third-order valence-electron chi connectivity index (χ3n) is 2.78. The molecule has 0 aliphatic carbocycles. The fourth-order valence-corrected chi connectivity index (χ4v) is 1.74. The standard InChI is InChI=1S/C14H28O2/c1-3-5-6-7-8-9-10-11-12-14(15)13-16-4-2/h3-13H2,1-2H3. The van der Waals surface area contributed by atoms with Crippen LogP contribution in [0.2, 0.25) is 0 Å². The number of hydrogen-bond donors (Lipinski definition) is 0. The highest BCUT2D eigenvalue weighted by Gasteiger charge is 2.00. The zero-order valence-electron chi connectivity index (χ0n) is 11.1. The van der Waals surface area contributed by atoms with Crippen molar-refractivity contribution < 1.29 is 9.53 Å². The van der Waals surface area contributed by atoms with Crippen molar-refractivity contribution in [1.29, 1.82) is 0 Å². The van der Waals surface area contributed by atoms with E-state index < -0.39 is 0 Å². The Hall–Kier alpha value is -0.370. The molecule has 0 aromatic heterocycles. The van der Waals surface area contributed by atoms with Crippen molar-refractivity contribution in [1.82, 2.24) is 0 Å². The maximum atomic E-state index is 11.3. The van der Waals surface area contributed by atoms with Crippen molar-refractivity contribution in [2.45, 2.75) is 71.6 Å². The minimum Gasteiger partial charge on any atom is -0.374 e. The second-order valence-electron chi connectivity index (χ2n) is 4.40. The second-order valence-corrected chi connectivity index (χ2v) is 4.40. The lowest BCUT2D eigenvalue weighted by atomic mass is 10.1.